The van der Waals surface area contributed by atoms with Crippen molar-refractivity contribution in [3.8, 4) is 16.9 Å². The molecular weight excluding hydrogens is 935 g/mol. The Morgan fingerprint density at radius 2 is 1.09 bits per heavy atom. The van der Waals surface area contributed by atoms with Crippen LogP contribution in [0.1, 0.15) is 115 Å². The number of hydrogen-bond donors (Lipinski definition) is 4. The molecular formula is C65H75N3O7. The summed E-state index contributed by atoms with van der Waals surface area (Å²) in [5, 5.41) is 24.2. The highest BCUT2D eigenvalue weighted by Gasteiger charge is 2.41. The molecule has 10 heteroatoms. The molecule has 0 spiro atoms. The fourth-order valence-corrected chi connectivity index (χ4v) is 12.0. The van der Waals surface area contributed by atoms with Crippen molar-refractivity contribution in [2.45, 2.75) is 109 Å². The highest BCUT2D eigenvalue weighted by Crippen LogP contribution is 2.40. The lowest BCUT2D eigenvalue weighted by Crippen LogP contribution is -2.46. The number of benzene rings is 6. The molecule has 3 aliphatic heterocycles. The van der Waals surface area contributed by atoms with E-state index in [1.807, 2.05) is 112 Å². The summed E-state index contributed by atoms with van der Waals surface area (Å²) in [4.78, 5) is 41.7. The smallest absolute Gasteiger partial charge is 0.342 e. The molecule has 0 amide bonds. The summed E-state index contributed by atoms with van der Waals surface area (Å²) >= 11 is 0. The first-order valence-corrected chi connectivity index (χ1v) is 27.3. The van der Waals surface area contributed by atoms with Gasteiger partial charge in [0.2, 0.25) is 0 Å². The average Bonchev–Trinajstić information content (AvgIpc) is 3.43. The van der Waals surface area contributed by atoms with Gasteiger partial charge in [-0.1, -0.05) is 121 Å². The first-order chi connectivity index (χ1) is 36.3. The number of rotatable bonds is 18. The molecule has 0 aliphatic carbocycles. The van der Waals surface area contributed by atoms with Crippen LogP contribution in [0.3, 0.4) is 0 Å². The van der Waals surface area contributed by atoms with Crippen molar-refractivity contribution in [2.75, 3.05) is 39.3 Å². The van der Waals surface area contributed by atoms with Gasteiger partial charge in [0.15, 0.2) is 0 Å². The van der Waals surface area contributed by atoms with Crippen molar-refractivity contribution >= 4 is 34.8 Å². The zero-order chi connectivity index (χ0) is 52.4. The van der Waals surface area contributed by atoms with Crippen molar-refractivity contribution in [1.29, 1.82) is 0 Å². The van der Waals surface area contributed by atoms with Crippen LogP contribution in [0.15, 0.2) is 140 Å². The minimum atomic E-state index is -0.881. The highest BCUT2D eigenvalue weighted by atomic mass is 16.6. The Hall–Kier alpha value is -6.59. The van der Waals surface area contributed by atoms with E-state index < -0.39 is 22.8 Å². The molecule has 75 heavy (non-hydrogen) atoms. The predicted octanol–water partition coefficient (Wildman–Crippen LogP) is 11.6. The number of hydrogen-bond acceptors (Lipinski definition) is 10. The summed E-state index contributed by atoms with van der Waals surface area (Å²) in [5.41, 5.74) is 4.94. The lowest BCUT2D eigenvalue weighted by atomic mass is 9.78. The molecule has 2 unspecified atom stereocenters. The van der Waals surface area contributed by atoms with E-state index in [0.29, 0.717) is 29.9 Å². The van der Waals surface area contributed by atoms with Gasteiger partial charge >= 0.3 is 17.9 Å². The van der Waals surface area contributed by atoms with Crippen molar-refractivity contribution in [3.63, 3.8) is 0 Å². The molecule has 6 aromatic rings. The molecule has 9 rings (SSSR count). The van der Waals surface area contributed by atoms with E-state index in [2.05, 4.69) is 59.3 Å². The number of aryl methyl sites for hydroxylation is 2. The first-order valence-electron chi connectivity index (χ1n) is 27.3. The number of esters is 3. The van der Waals surface area contributed by atoms with Gasteiger partial charge in [-0.3, -0.25) is 0 Å². The fourth-order valence-electron chi connectivity index (χ4n) is 12.0. The van der Waals surface area contributed by atoms with Crippen molar-refractivity contribution in [2.24, 2.45) is 17.8 Å². The zero-order valence-electron chi connectivity index (χ0n) is 44.3. The Bertz CT molecular complexity index is 2950. The SMILES string of the molecule is CC(C)(OC(=O)/C=C/c1cccc2cc(CC(C)(OC(=O)c3cccc(-c4ccc(CC(C)(OC(=O)c5ccccc5CCc5ccccc5)C5CCNCC5)cc4)c3O)C3CCNCC3)ccc12)C1CCNCC1. The van der Waals surface area contributed by atoms with E-state index in [1.165, 1.54) is 11.6 Å². The first kappa shape index (κ1) is 53.2. The fraction of sp³-hybridized carbons (Fsp3) is 0.400. The van der Waals surface area contributed by atoms with E-state index in [9.17, 15) is 19.5 Å². The maximum absolute atomic E-state index is 14.4. The zero-order valence-corrected chi connectivity index (χ0v) is 44.3. The second-order valence-electron chi connectivity index (χ2n) is 22.1. The molecule has 3 aliphatic rings. The van der Waals surface area contributed by atoms with Gasteiger partial charge in [0, 0.05) is 42.2 Å². The number of ether oxygens (including phenoxy) is 3. The number of carbonyl (C=O) groups excluding carboxylic acids is 3. The van der Waals surface area contributed by atoms with E-state index in [4.69, 9.17) is 14.2 Å². The Balaban J connectivity index is 0.896. The summed E-state index contributed by atoms with van der Waals surface area (Å²) in [6.07, 6.45) is 11.3. The molecule has 6 aromatic carbocycles. The van der Waals surface area contributed by atoms with Gasteiger partial charge in [0.25, 0.3) is 0 Å². The number of phenolic OH excluding ortho intramolecular Hbond substituents is 1. The van der Waals surface area contributed by atoms with Gasteiger partial charge in [0.1, 0.15) is 28.1 Å². The van der Waals surface area contributed by atoms with Crippen LogP contribution >= 0.6 is 0 Å². The van der Waals surface area contributed by atoms with Crippen molar-refractivity contribution < 1.29 is 33.7 Å². The van der Waals surface area contributed by atoms with Crippen LogP contribution in [0.5, 0.6) is 5.75 Å². The van der Waals surface area contributed by atoms with Gasteiger partial charge < -0.3 is 35.3 Å². The third-order valence-corrected chi connectivity index (χ3v) is 16.5. The molecule has 0 bridgehead atoms. The molecule has 392 valence electrons. The molecule has 10 nitrogen and oxygen atoms in total. The van der Waals surface area contributed by atoms with Crippen LogP contribution in [0.2, 0.25) is 0 Å². The van der Waals surface area contributed by atoms with Gasteiger partial charge in [0.05, 0.1) is 5.56 Å². The van der Waals surface area contributed by atoms with Gasteiger partial charge in [-0.15, -0.1) is 0 Å². The minimum Gasteiger partial charge on any atom is -0.506 e. The second-order valence-corrected chi connectivity index (χ2v) is 22.1. The molecule has 3 saturated heterocycles. The largest absolute Gasteiger partial charge is 0.506 e. The lowest BCUT2D eigenvalue weighted by molar-refractivity contribution is -0.156. The maximum atomic E-state index is 14.4. The Morgan fingerprint density at radius 1 is 0.547 bits per heavy atom. The van der Waals surface area contributed by atoms with E-state index in [-0.39, 0.29) is 35.1 Å². The maximum Gasteiger partial charge on any atom is 0.342 e. The summed E-state index contributed by atoms with van der Waals surface area (Å²) in [6, 6.07) is 43.7. The van der Waals surface area contributed by atoms with Crippen LogP contribution in [0.4, 0.5) is 0 Å². The molecule has 0 aromatic heterocycles. The minimum absolute atomic E-state index is 0.0786. The number of aromatic hydroxyl groups is 1. The van der Waals surface area contributed by atoms with Crippen molar-refractivity contribution in [3.05, 3.63) is 178 Å². The molecule has 2 atom stereocenters. The van der Waals surface area contributed by atoms with Crippen LogP contribution in [0.25, 0.3) is 28.0 Å². The average molecular weight is 1010 g/mol. The molecule has 4 N–H and O–H groups in total. The topological polar surface area (TPSA) is 135 Å². The third kappa shape index (κ3) is 13.1. The second kappa shape index (κ2) is 24.0. The Morgan fingerprint density at radius 3 is 1.75 bits per heavy atom. The van der Waals surface area contributed by atoms with Gasteiger partial charge in [-0.2, -0.15) is 0 Å². The van der Waals surface area contributed by atoms with Crippen LogP contribution in [-0.2, 0) is 44.7 Å². The van der Waals surface area contributed by atoms with E-state index >= 15 is 0 Å². The molecule has 0 saturated carbocycles. The predicted molar refractivity (Wildman–Crippen MR) is 299 cm³/mol. The standard InChI is InChI=1S/C65H75N3O7/c1-63(2,52-30-36-66-37-31-52)73-59(69)29-27-48-15-10-16-51-42-47(23-28-55(48)51)44-65(4,54-34-40-68-41-35-54)75-62(72)58-19-11-18-56(60(58)70)50-25-21-46(22-26-50)43-64(3,53-32-38-67-39-33-53)74-61(71)57-17-9-8-14-49(57)24-20-45-12-6-5-7-13-45/h5-19,21-23,25-29,42,52-54,66-68,70H,20,24,30-41,43-44H2,1-4H3/b29-27+. The van der Waals surface area contributed by atoms with Gasteiger partial charge in [-0.05, 0) is 181 Å². The van der Waals surface area contributed by atoms with Crippen LogP contribution in [0, 0.1) is 17.8 Å². The number of para-hydroxylation sites is 1. The van der Waals surface area contributed by atoms with E-state index in [0.717, 1.165) is 129 Å². The van der Waals surface area contributed by atoms with Crippen LogP contribution < -0.4 is 16.0 Å². The summed E-state index contributed by atoms with van der Waals surface area (Å²) < 4.78 is 19.3. The Labute approximate surface area is 443 Å². The Kier molecular flexibility index (Phi) is 17.0. The lowest BCUT2D eigenvalue weighted by Gasteiger charge is -2.40. The number of piperidine rings is 3. The van der Waals surface area contributed by atoms with Gasteiger partial charge in [-0.25, -0.2) is 14.4 Å². The van der Waals surface area contributed by atoms with E-state index in [1.54, 1.807) is 12.1 Å². The quantitative estimate of drug-likeness (QED) is 0.0374. The molecule has 3 heterocycles. The number of nitrogens with one attached hydrogen (secondary N) is 3. The third-order valence-electron chi connectivity index (χ3n) is 16.5. The number of phenols is 1. The summed E-state index contributed by atoms with van der Waals surface area (Å²) in [7, 11) is 0. The normalized spacial score (nSPS) is 17.8. The molecule has 3 fully saturated rings. The number of carbonyl (C=O) groups is 3. The summed E-state index contributed by atoms with van der Waals surface area (Å²) in [6.45, 7) is 13.4. The summed E-state index contributed by atoms with van der Waals surface area (Å²) in [5.74, 6) is -0.809. The van der Waals surface area contributed by atoms with Crippen LogP contribution in [-0.4, -0.2) is 79.1 Å². The number of fused-ring (bicyclic) bond motifs is 1. The van der Waals surface area contributed by atoms with Crippen molar-refractivity contribution in [1.82, 2.24) is 16.0 Å². The highest BCUT2D eigenvalue weighted by molar-refractivity contribution is 5.97. The molecule has 0 radical (unpaired) electrons. The monoisotopic (exact) mass is 1010 g/mol.